The van der Waals surface area contributed by atoms with Gasteiger partial charge in [0.2, 0.25) is 0 Å². The Morgan fingerprint density at radius 2 is 2.39 bits per heavy atom. The summed E-state index contributed by atoms with van der Waals surface area (Å²) in [6, 6.07) is 5.10. The minimum Gasteiger partial charge on any atom is -0.391 e. The topological polar surface area (TPSA) is 86.0 Å². The van der Waals surface area contributed by atoms with Crippen LogP contribution in [0.25, 0.3) is 0 Å². The highest BCUT2D eigenvalue weighted by Gasteiger charge is 2.29. The maximum Gasteiger partial charge on any atom is 0.269 e. The molecular formula is C13H15N3O2. The van der Waals surface area contributed by atoms with Crippen LogP contribution in [0.15, 0.2) is 12.1 Å². The highest BCUT2D eigenvalue weighted by atomic mass is 16.3. The van der Waals surface area contributed by atoms with Crippen molar-refractivity contribution >= 4 is 5.91 Å². The van der Waals surface area contributed by atoms with E-state index < -0.39 is 6.10 Å². The van der Waals surface area contributed by atoms with Crippen molar-refractivity contribution in [2.45, 2.75) is 25.9 Å². The number of pyridine rings is 1. The van der Waals surface area contributed by atoms with Gasteiger partial charge < -0.3 is 10.4 Å². The van der Waals surface area contributed by atoms with Crippen molar-refractivity contribution < 1.29 is 9.90 Å². The second kappa shape index (κ2) is 5.15. The smallest absolute Gasteiger partial charge is 0.269 e. The van der Waals surface area contributed by atoms with E-state index in [4.69, 9.17) is 5.26 Å². The Kier molecular flexibility index (Phi) is 3.58. The number of nitriles is 1. The molecule has 1 atom stereocenters. The third-order valence-electron chi connectivity index (χ3n) is 3.08. The number of hydrogen-bond donors (Lipinski definition) is 2. The average Bonchev–Trinajstić information content (AvgIpc) is 3.19. The third kappa shape index (κ3) is 2.84. The fourth-order valence-corrected chi connectivity index (χ4v) is 1.74. The molecule has 0 aliphatic heterocycles. The molecule has 1 aromatic heterocycles. The van der Waals surface area contributed by atoms with Crippen molar-refractivity contribution in [3.63, 3.8) is 0 Å². The molecule has 0 radical (unpaired) electrons. The fourth-order valence-electron chi connectivity index (χ4n) is 1.74. The average molecular weight is 245 g/mol. The Bertz CT molecular complexity index is 503. The molecule has 0 bridgehead atoms. The zero-order valence-electron chi connectivity index (χ0n) is 10.2. The van der Waals surface area contributed by atoms with Crippen LogP contribution in [0.2, 0.25) is 0 Å². The lowest BCUT2D eigenvalue weighted by Gasteiger charge is -2.10. The lowest BCUT2D eigenvalue weighted by atomic mass is 10.2. The van der Waals surface area contributed by atoms with E-state index in [2.05, 4.69) is 10.3 Å². The van der Waals surface area contributed by atoms with Gasteiger partial charge in [-0.1, -0.05) is 0 Å². The third-order valence-corrected chi connectivity index (χ3v) is 3.08. The van der Waals surface area contributed by atoms with Crippen molar-refractivity contribution in [3.8, 4) is 6.07 Å². The van der Waals surface area contributed by atoms with Crippen LogP contribution in [0.4, 0.5) is 0 Å². The predicted molar refractivity (Wildman–Crippen MR) is 64.8 cm³/mol. The summed E-state index contributed by atoms with van der Waals surface area (Å²) in [7, 11) is 0. The summed E-state index contributed by atoms with van der Waals surface area (Å²) >= 11 is 0. The van der Waals surface area contributed by atoms with Crippen molar-refractivity contribution in [1.29, 1.82) is 5.26 Å². The molecule has 1 aromatic rings. The number of aliphatic hydroxyl groups is 1. The van der Waals surface area contributed by atoms with Gasteiger partial charge in [0.25, 0.3) is 5.91 Å². The van der Waals surface area contributed by atoms with Crippen LogP contribution < -0.4 is 5.32 Å². The van der Waals surface area contributed by atoms with Gasteiger partial charge in [0, 0.05) is 6.54 Å². The molecule has 1 unspecified atom stereocenters. The summed E-state index contributed by atoms with van der Waals surface area (Å²) < 4.78 is 0. The van der Waals surface area contributed by atoms with E-state index in [1.807, 2.05) is 6.07 Å². The number of aryl methyl sites for hydroxylation is 1. The number of rotatable bonds is 4. The van der Waals surface area contributed by atoms with Crippen LogP contribution in [0.5, 0.6) is 0 Å². The number of aliphatic hydroxyl groups excluding tert-OH is 1. The zero-order chi connectivity index (χ0) is 13.1. The molecule has 94 valence electrons. The minimum absolute atomic E-state index is 0.254. The van der Waals surface area contributed by atoms with E-state index in [1.54, 1.807) is 13.0 Å². The zero-order valence-corrected chi connectivity index (χ0v) is 10.2. The number of carbonyl (C=O) groups is 1. The molecule has 18 heavy (non-hydrogen) atoms. The molecule has 5 nitrogen and oxygen atoms in total. The van der Waals surface area contributed by atoms with Gasteiger partial charge in [-0.3, -0.25) is 4.79 Å². The first-order chi connectivity index (χ1) is 8.61. The van der Waals surface area contributed by atoms with Gasteiger partial charge in [0.05, 0.1) is 17.4 Å². The summed E-state index contributed by atoms with van der Waals surface area (Å²) in [6.07, 6.45) is 1.60. The van der Waals surface area contributed by atoms with Crippen molar-refractivity contribution in [2.24, 2.45) is 5.92 Å². The Morgan fingerprint density at radius 3 is 2.94 bits per heavy atom. The van der Waals surface area contributed by atoms with Gasteiger partial charge in [-0.05, 0) is 37.8 Å². The van der Waals surface area contributed by atoms with Crippen molar-refractivity contribution in [1.82, 2.24) is 10.3 Å². The highest BCUT2D eigenvalue weighted by Crippen LogP contribution is 2.32. The fraction of sp³-hybridized carbons (Fsp3) is 0.462. The lowest BCUT2D eigenvalue weighted by molar-refractivity contribution is 0.0896. The second-order valence-corrected chi connectivity index (χ2v) is 4.56. The van der Waals surface area contributed by atoms with Crippen LogP contribution in [0, 0.1) is 24.2 Å². The Hall–Kier alpha value is -1.93. The molecule has 1 aliphatic rings. The summed E-state index contributed by atoms with van der Waals surface area (Å²) in [6.45, 7) is 1.94. The molecule has 1 heterocycles. The van der Waals surface area contributed by atoms with Gasteiger partial charge in [-0.25, -0.2) is 4.98 Å². The molecule has 1 fully saturated rings. The lowest BCUT2D eigenvalue weighted by Crippen LogP contribution is -2.33. The summed E-state index contributed by atoms with van der Waals surface area (Å²) in [5.74, 6) is 0.0169. The first-order valence-electron chi connectivity index (χ1n) is 5.96. The molecule has 1 saturated carbocycles. The monoisotopic (exact) mass is 245 g/mol. The van der Waals surface area contributed by atoms with Crippen LogP contribution >= 0.6 is 0 Å². The summed E-state index contributed by atoms with van der Waals surface area (Å²) in [4.78, 5) is 15.8. The number of amides is 1. The first-order valence-corrected chi connectivity index (χ1v) is 5.96. The van der Waals surface area contributed by atoms with Gasteiger partial charge in [-0.15, -0.1) is 0 Å². The van der Waals surface area contributed by atoms with E-state index in [0.29, 0.717) is 17.2 Å². The van der Waals surface area contributed by atoms with E-state index in [1.165, 1.54) is 6.07 Å². The number of nitrogens with one attached hydrogen (secondary N) is 1. The Morgan fingerprint density at radius 1 is 1.67 bits per heavy atom. The van der Waals surface area contributed by atoms with Crippen LogP contribution in [-0.4, -0.2) is 28.6 Å². The highest BCUT2D eigenvalue weighted by molar-refractivity contribution is 5.92. The molecule has 1 aliphatic carbocycles. The predicted octanol–water partition coefficient (Wildman–Crippen LogP) is 0.762. The second-order valence-electron chi connectivity index (χ2n) is 4.56. The maximum atomic E-state index is 11.8. The maximum absolute atomic E-state index is 11.8. The molecule has 0 spiro atoms. The van der Waals surface area contributed by atoms with Crippen molar-refractivity contribution in [2.75, 3.05) is 6.54 Å². The summed E-state index contributed by atoms with van der Waals surface area (Å²) in [5, 5.41) is 21.1. The van der Waals surface area contributed by atoms with Gasteiger partial charge in [-0.2, -0.15) is 5.26 Å². The summed E-state index contributed by atoms with van der Waals surface area (Å²) in [5.41, 5.74) is 1.27. The van der Waals surface area contributed by atoms with Gasteiger partial charge in [0.1, 0.15) is 11.8 Å². The van der Waals surface area contributed by atoms with Gasteiger partial charge >= 0.3 is 0 Å². The number of aromatic nitrogens is 1. The molecule has 5 heteroatoms. The van der Waals surface area contributed by atoms with E-state index in [9.17, 15) is 9.90 Å². The van der Waals surface area contributed by atoms with E-state index in [0.717, 1.165) is 12.8 Å². The van der Waals surface area contributed by atoms with Gasteiger partial charge in [0.15, 0.2) is 0 Å². The largest absolute Gasteiger partial charge is 0.391 e. The van der Waals surface area contributed by atoms with E-state index >= 15 is 0 Å². The SMILES string of the molecule is Cc1nc(C(=O)NCC(O)C2CC2)ccc1C#N. The molecule has 2 N–H and O–H groups in total. The molecule has 2 rings (SSSR count). The minimum atomic E-state index is -0.464. The Labute approximate surface area is 105 Å². The van der Waals surface area contributed by atoms with Crippen LogP contribution in [-0.2, 0) is 0 Å². The normalized spacial score (nSPS) is 15.8. The number of carbonyl (C=O) groups excluding carboxylic acids is 1. The van der Waals surface area contributed by atoms with Crippen LogP contribution in [0.1, 0.15) is 34.6 Å². The molecule has 1 amide bonds. The Balaban J connectivity index is 1.96. The molecule has 0 saturated heterocycles. The van der Waals surface area contributed by atoms with E-state index in [-0.39, 0.29) is 18.1 Å². The first kappa shape index (κ1) is 12.5. The van der Waals surface area contributed by atoms with Crippen molar-refractivity contribution in [3.05, 3.63) is 29.1 Å². The van der Waals surface area contributed by atoms with Crippen LogP contribution in [0.3, 0.4) is 0 Å². The molecule has 0 aromatic carbocycles. The molecular weight excluding hydrogens is 230 g/mol. The number of hydrogen-bond acceptors (Lipinski definition) is 4. The number of nitrogens with zero attached hydrogens (tertiary/aromatic N) is 2. The standard InChI is InChI=1S/C13H15N3O2/c1-8-10(6-14)4-5-11(16-8)13(18)15-7-12(17)9-2-3-9/h4-5,9,12,17H,2-3,7H2,1H3,(H,15,18). The quantitative estimate of drug-likeness (QED) is 0.820.